The molecule has 0 aliphatic rings. The number of rotatable bonds is 9. The topological polar surface area (TPSA) is 88.2 Å². The van der Waals surface area contributed by atoms with Crippen LogP contribution in [0.15, 0.2) is 53.7 Å². The number of aromatic nitrogens is 1. The van der Waals surface area contributed by atoms with Crippen LogP contribution in [0.2, 0.25) is 0 Å². The molecule has 1 aromatic heterocycles. The van der Waals surface area contributed by atoms with Gasteiger partial charge < -0.3 is 16.2 Å². The minimum Gasteiger partial charge on any atom is -0.388 e. The Hall–Kier alpha value is -2.70. The van der Waals surface area contributed by atoms with E-state index in [0.29, 0.717) is 0 Å². The van der Waals surface area contributed by atoms with Crippen LogP contribution in [-0.4, -0.2) is 16.0 Å². The highest BCUT2D eigenvalue weighted by Crippen LogP contribution is 2.21. The molecule has 0 spiro atoms. The average Bonchev–Trinajstić information content (AvgIpc) is 3.36. The maximum atomic E-state index is 12.7. The van der Waals surface area contributed by atoms with Gasteiger partial charge in [-0.3, -0.25) is 4.79 Å². The minimum absolute atomic E-state index is 0.00909. The first kappa shape index (κ1) is 9.87. The predicted molar refractivity (Wildman–Crippen MR) is 119 cm³/mol. The molecule has 0 bridgehead atoms. The Labute approximate surface area is 193 Å². The second-order valence-electron chi connectivity index (χ2n) is 5.88. The molecule has 0 fully saturated rings. The van der Waals surface area contributed by atoms with Crippen LogP contribution in [0.25, 0.3) is 0 Å². The average molecular weight is 423 g/mol. The van der Waals surface area contributed by atoms with Crippen LogP contribution in [0.3, 0.4) is 0 Å². The summed E-state index contributed by atoms with van der Waals surface area (Å²) >= 11 is 0.895. The monoisotopic (exact) mass is 422 g/mol. The zero-order valence-corrected chi connectivity index (χ0v) is 16.3. The molecule has 152 valence electrons. The van der Waals surface area contributed by atoms with Gasteiger partial charge in [0.15, 0.2) is 5.13 Å². The van der Waals surface area contributed by atoms with Crippen molar-refractivity contribution in [3.8, 4) is 0 Å². The van der Waals surface area contributed by atoms with Crippen LogP contribution in [0, 0.1) is 6.92 Å². The van der Waals surface area contributed by atoms with Gasteiger partial charge in [0.25, 0.3) is 0 Å². The van der Waals surface area contributed by atoms with Crippen molar-refractivity contribution in [1.29, 1.82) is 0 Å². The van der Waals surface area contributed by atoms with Crippen molar-refractivity contribution in [3.63, 3.8) is 0 Å². The van der Waals surface area contributed by atoms with Gasteiger partial charge in [-0.05, 0) is 49.4 Å². The highest BCUT2D eigenvalue weighted by Gasteiger charge is 2.08. The number of nitrogen functional groups attached to an aromatic ring is 1. The van der Waals surface area contributed by atoms with Crippen LogP contribution in [0.4, 0.5) is 10.8 Å². The number of amides is 1. The molecule has 0 saturated carbocycles. The summed E-state index contributed by atoms with van der Waals surface area (Å²) in [7, 11) is 0. The quantitative estimate of drug-likeness (QED) is 0.468. The first-order chi connectivity index (χ1) is 19.1. The lowest BCUT2D eigenvalue weighted by molar-refractivity contribution is -0.115. The Morgan fingerprint density at radius 1 is 1.31 bits per heavy atom. The number of carbonyl (C=O) groups excluding carboxylic acids is 1. The van der Waals surface area contributed by atoms with Crippen molar-refractivity contribution in [2.75, 3.05) is 11.1 Å². The van der Waals surface area contributed by atoms with Gasteiger partial charge in [-0.25, -0.2) is 4.98 Å². The van der Waals surface area contributed by atoms with Crippen LogP contribution in [0.1, 0.15) is 65.5 Å². The van der Waals surface area contributed by atoms with Gasteiger partial charge in [-0.1, -0.05) is 48.2 Å². The highest BCUT2D eigenvalue weighted by molar-refractivity contribution is 7.13. The molecule has 0 radical (unpaired) electrons. The Balaban J connectivity index is 1.87. The summed E-state index contributed by atoms with van der Waals surface area (Å²) in [5.74, 6) is -1.32. The third-order valence-electron chi connectivity index (χ3n) is 3.56. The number of anilines is 2. The highest BCUT2D eigenvalue weighted by atomic mass is 32.1. The van der Waals surface area contributed by atoms with Gasteiger partial charge in [-0.15, -0.1) is 11.3 Å². The van der Waals surface area contributed by atoms with E-state index in [1.807, 2.05) is 0 Å². The lowest BCUT2D eigenvalue weighted by atomic mass is 10.0. The van der Waals surface area contributed by atoms with Crippen molar-refractivity contribution in [1.82, 2.24) is 4.98 Å². The Kier molecular flexibility index (Phi) is 3.47. The first-order valence-electron chi connectivity index (χ1n) is 15.1. The summed E-state index contributed by atoms with van der Waals surface area (Å²) in [6.45, 7) is 1.36. The van der Waals surface area contributed by atoms with E-state index in [0.717, 1.165) is 11.3 Å². The van der Waals surface area contributed by atoms with Crippen LogP contribution < -0.4 is 11.1 Å². The fraction of sp³-hybridized carbons (Fsp3) is 0.304. The number of nitrogens with one attached hydrogen (secondary N) is 1. The zero-order chi connectivity index (χ0) is 32.1. The normalized spacial score (nSPS) is 20.4. The number of hydrogen-bond acceptors (Lipinski definition) is 5. The van der Waals surface area contributed by atoms with E-state index in [4.69, 9.17) is 23.6 Å². The van der Waals surface area contributed by atoms with E-state index in [2.05, 4.69) is 10.3 Å². The smallest absolute Gasteiger partial charge is 0.230 e. The number of nitrogens with two attached hydrogens (primary N) is 1. The molecule has 2 aromatic carbocycles. The second kappa shape index (κ2) is 10.2. The lowest BCUT2D eigenvalue weighted by Crippen LogP contribution is -2.14. The Morgan fingerprint density at radius 3 is 2.69 bits per heavy atom. The van der Waals surface area contributed by atoms with Gasteiger partial charge in [0.05, 0.1) is 30.5 Å². The molecule has 1 heterocycles. The molecule has 0 aliphatic carbocycles. The predicted octanol–water partition coefficient (Wildman–Crippen LogP) is 4.66. The summed E-state index contributed by atoms with van der Waals surface area (Å²) in [5.41, 5.74) is 3.58. The van der Waals surface area contributed by atoms with Crippen molar-refractivity contribution in [2.24, 2.45) is 0 Å². The molecule has 4 N–H and O–H groups in total. The fourth-order valence-electron chi connectivity index (χ4n) is 2.16. The summed E-state index contributed by atoms with van der Waals surface area (Å²) in [4.78, 5) is 16.4. The molecule has 29 heavy (non-hydrogen) atoms. The number of hydrogen-bond donors (Lipinski definition) is 3. The number of nitrogens with zero attached hydrogens (tertiary/aromatic N) is 1. The lowest BCUT2D eigenvalue weighted by Gasteiger charge is -2.11. The number of aliphatic hydroxyl groups is 1. The molecule has 0 unspecified atom stereocenters. The van der Waals surface area contributed by atoms with Crippen LogP contribution >= 0.6 is 11.3 Å². The maximum Gasteiger partial charge on any atom is 0.230 e. The van der Waals surface area contributed by atoms with Crippen molar-refractivity contribution < 1.29 is 27.7 Å². The molecule has 3 rings (SSSR count). The molecular weight excluding hydrogens is 382 g/mol. The van der Waals surface area contributed by atoms with Crippen molar-refractivity contribution >= 4 is 28.1 Å². The van der Waals surface area contributed by atoms with Gasteiger partial charge in [0, 0.05) is 16.6 Å². The van der Waals surface area contributed by atoms with E-state index in [1.165, 1.54) is 12.3 Å². The zero-order valence-electron chi connectivity index (χ0n) is 28.5. The van der Waals surface area contributed by atoms with E-state index in [9.17, 15) is 9.90 Å². The van der Waals surface area contributed by atoms with Gasteiger partial charge in [-0.2, -0.15) is 0 Å². The summed E-state index contributed by atoms with van der Waals surface area (Å²) in [5, 5.41) is 14.1. The van der Waals surface area contributed by atoms with Crippen molar-refractivity contribution in [2.45, 2.75) is 45.0 Å². The number of benzene rings is 2. The Morgan fingerprint density at radius 2 is 2.03 bits per heavy atom. The molecule has 0 aliphatic heterocycles. The van der Waals surface area contributed by atoms with Gasteiger partial charge >= 0.3 is 0 Å². The molecule has 1 atom stereocenters. The SMILES string of the molecule is [2H]c1c([2H])c([C@@]([2H])(O)CCC([2H])([2H])Cc2c([2H])c([2H])c(NC(=O)C([2H])([2H])c3csc(N)n3)c([2H])c2[2H])c([2H])c([2H])c1C. The van der Waals surface area contributed by atoms with Crippen molar-refractivity contribution in [3.05, 3.63) is 76.1 Å². The number of thiazole rings is 1. The summed E-state index contributed by atoms with van der Waals surface area (Å²) in [6.07, 6.45) is -9.78. The molecule has 6 heteroatoms. The molecular formula is C23H27N3O2S. The van der Waals surface area contributed by atoms with Gasteiger partial charge in [0.1, 0.15) is 0 Å². The van der Waals surface area contributed by atoms with Crippen LogP contribution in [-0.2, 0) is 17.6 Å². The maximum absolute atomic E-state index is 12.7. The second-order valence-corrected chi connectivity index (χ2v) is 6.77. The van der Waals surface area contributed by atoms with E-state index in [-0.39, 0.29) is 22.0 Å². The largest absolute Gasteiger partial charge is 0.388 e. The van der Waals surface area contributed by atoms with E-state index in [1.54, 1.807) is 0 Å². The molecule has 5 nitrogen and oxygen atoms in total. The third kappa shape index (κ3) is 6.69. The van der Waals surface area contributed by atoms with E-state index < -0.39 is 104 Å². The summed E-state index contributed by atoms with van der Waals surface area (Å²) < 4.78 is 106. The third-order valence-corrected chi connectivity index (χ3v) is 4.23. The molecule has 1 amide bonds. The van der Waals surface area contributed by atoms with E-state index >= 15 is 0 Å². The first-order valence-corrected chi connectivity index (χ1v) is 9.44. The summed E-state index contributed by atoms with van der Waals surface area (Å²) in [6, 6.07) is -5.08. The van der Waals surface area contributed by atoms with Gasteiger partial charge in [0.2, 0.25) is 5.91 Å². The van der Waals surface area contributed by atoms with Crippen LogP contribution in [0.5, 0.6) is 0 Å². The number of carbonyl (C=O) groups is 1. The fourth-order valence-corrected chi connectivity index (χ4v) is 2.65. The molecule has 3 aromatic rings. The standard InChI is InChI=1S/C23H27N3O2S/c1-16-6-10-18(11-7-16)21(27)5-3-2-4-17-8-12-19(13-9-17)25-22(28)14-20-15-29-23(24)26-20/h6-13,15,21,27H,2-5,14H2,1H3,(H2,24,26)(H,25,28)/t21-/m0/s1/i2D2,6D,7D,8D,9D,10D,11D,12D,13D,14D2,21D. The minimum atomic E-state index is -2.72. The Bertz CT molecular complexity index is 1500. The molecule has 0 saturated heterocycles.